The number of ether oxygens (including phenoxy) is 4. The van der Waals surface area contributed by atoms with Gasteiger partial charge in [-0.25, -0.2) is 0 Å². The highest BCUT2D eigenvalue weighted by atomic mass is 16.6. The van der Waals surface area contributed by atoms with Crippen LogP contribution in [-0.4, -0.2) is 38.6 Å². The van der Waals surface area contributed by atoms with Gasteiger partial charge in [-0.1, -0.05) is 60.7 Å². The molecule has 0 radical (unpaired) electrons. The van der Waals surface area contributed by atoms with Crippen molar-refractivity contribution in [2.75, 3.05) is 26.4 Å². The van der Waals surface area contributed by atoms with E-state index in [9.17, 15) is 0 Å². The molecule has 3 aliphatic rings. The molecule has 0 saturated carbocycles. The molecular formula is C33H30O4. The molecule has 2 aliphatic heterocycles. The van der Waals surface area contributed by atoms with Gasteiger partial charge < -0.3 is 18.9 Å². The smallest absolute Gasteiger partial charge is 0.119 e. The van der Waals surface area contributed by atoms with Crippen LogP contribution in [0.15, 0.2) is 91.0 Å². The van der Waals surface area contributed by atoms with Gasteiger partial charge in [0, 0.05) is 5.92 Å². The average Bonchev–Trinajstić information content (AvgIpc) is 3.89. The van der Waals surface area contributed by atoms with Crippen molar-refractivity contribution in [3.8, 4) is 33.8 Å². The van der Waals surface area contributed by atoms with Gasteiger partial charge in [-0.15, -0.1) is 0 Å². The van der Waals surface area contributed by atoms with Gasteiger partial charge in [-0.3, -0.25) is 0 Å². The summed E-state index contributed by atoms with van der Waals surface area (Å²) >= 11 is 0. The van der Waals surface area contributed by atoms with Crippen molar-refractivity contribution in [3.63, 3.8) is 0 Å². The SMILES string of the molecule is c1ccc2c(c1)CCC2c1ccc(-c2ccc(OCC3CO3)cc2)cc1-c1ccc(OCC2CO2)cc1. The lowest BCUT2D eigenvalue weighted by Crippen LogP contribution is -2.04. The largest absolute Gasteiger partial charge is 0.491 e. The van der Waals surface area contributed by atoms with Crippen molar-refractivity contribution in [2.45, 2.75) is 31.0 Å². The lowest BCUT2D eigenvalue weighted by molar-refractivity contribution is 0.263. The first-order valence-electron chi connectivity index (χ1n) is 13.2. The quantitative estimate of drug-likeness (QED) is 0.246. The summed E-state index contributed by atoms with van der Waals surface area (Å²) in [5.41, 5.74) is 9.19. The Morgan fingerprint density at radius 1 is 0.622 bits per heavy atom. The highest BCUT2D eigenvalue weighted by Crippen LogP contribution is 2.43. The molecule has 186 valence electrons. The molecule has 0 amide bonds. The van der Waals surface area contributed by atoms with Crippen LogP contribution in [0.4, 0.5) is 0 Å². The maximum Gasteiger partial charge on any atom is 0.119 e. The molecule has 4 aromatic carbocycles. The third-order valence-electron chi connectivity index (χ3n) is 7.59. The number of epoxide rings is 2. The fourth-order valence-corrected chi connectivity index (χ4v) is 5.35. The van der Waals surface area contributed by atoms with E-state index in [1.807, 2.05) is 12.1 Å². The third kappa shape index (κ3) is 5.00. The number of hydrogen-bond donors (Lipinski definition) is 0. The molecule has 2 saturated heterocycles. The second-order valence-electron chi connectivity index (χ2n) is 10.2. The summed E-state index contributed by atoms with van der Waals surface area (Å²) in [5, 5.41) is 0. The fourth-order valence-electron chi connectivity index (χ4n) is 5.35. The topological polar surface area (TPSA) is 43.5 Å². The van der Waals surface area contributed by atoms with E-state index in [2.05, 4.69) is 78.9 Å². The van der Waals surface area contributed by atoms with E-state index in [4.69, 9.17) is 18.9 Å². The van der Waals surface area contributed by atoms with E-state index in [1.165, 1.54) is 38.9 Å². The molecule has 3 unspecified atom stereocenters. The van der Waals surface area contributed by atoms with Gasteiger partial charge in [0.2, 0.25) is 0 Å². The van der Waals surface area contributed by atoms with Crippen molar-refractivity contribution in [2.24, 2.45) is 0 Å². The maximum atomic E-state index is 5.90. The molecule has 1 aliphatic carbocycles. The first-order chi connectivity index (χ1) is 18.3. The number of fused-ring (bicyclic) bond motifs is 1. The summed E-state index contributed by atoms with van der Waals surface area (Å²) < 4.78 is 22.3. The Kier molecular flexibility index (Phi) is 5.92. The van der Waals surface area contributed by atoms with Gasteiger partial charge in [0.1, 0.15) is 36.9 Å². The minimum atomic E-state index is 0.254. The summed E-state index contributed by atoms with van der Waals surface area (Å²) in [5.74, 6) is 2.17. The fraction of sp³-hybridized carbons (Fsp3) is 0.273. The van der Waals surface area contributed by atoms with E-state index in [-0.39, 0.29) is 12.2 Å². The highest BCUT2D eigenvalue weighted by molar-refractivity contribution is 5.77. The first-order valence-corrected chi connectivity index (χ1v) is 13.2. The Hall–Kier alpha value is -3.60. The molecule has 4 heteroatoms. The summed E-state index contributed by atoms with van der Waals surface area (Å²) in [4.78, 5) is 0. The second-order valence-corrected chi connectivity index (χ2v) is 10.2. The molecule has 4 aromatic rings. The standard InChI is InChI=1S/C33H30O4/c1-2-4-30-23(3-1)9-15-31(30)32-16-10-25(22-5-11-26(12-6-22)34-18-28-20-36-28)17-33(32)24-7-13-27(14-8-24)35-19-29-21-37-29/h1-8,10-14,16-17,28-29,31H,9,15,18-21H2. The summed E-state index contributed by atoms with van der Waals surface area (Å²) in [6.07, 6.45) is 2.79. The van der Waals surface area contributed by atoms with Crippen LogP contribution in [-0.2, 0) is 15.9 Å². The van der Waals surface area contributed by atoms with Crippen LogP contribution < -0.4 is 9.47 Å². The molecule has 0 aromatic heterocycles. The summed E-state index contributed by atoms with van der Waals surface area (Å²) in [7, 11) is 0. The van der Waals surface area contributed by atoms with Crippen LogP contribution in [0, 0.1) is 0 Å². The molecule has 37 heavy (non-hydrogen) atoms. The van der Waals surface area contributed by atoms with Gasteiger partial charge >= 0.3 is 0 Å². The molecule has 2 heterocycles. The molecule has 0 bridgehead atoms. The Balaban J connectivity index is 1.22. The van der Waals surface area contributed by atoms with E-state index < -0.39 is 0 Å². The normalized spacial score (nSPS) is 21.4. The van der Waals surface area contributed by atoms with Gasteiger partial charge in [0.25, 0.3) is 0 Å². The molecule has 2 fully saturated rings. The van der Waals surface area contributed by atoms with Gasteiger partial charge in [-0.2, -0.15) is 0 Å². The lowest BCUT2D eigenvalue weighted by atomic mass is 9.85. The number of rotatable bonds is 9. The van der Waals surface area contributed by atoms with Crippen molar-refractivity contribution in [3.05, 3.63) is 108 Å². The third-order valence-corrected chi connectivity index (χ3v) is 7.59. The van der Waals surface area contributed by atoms with Crippen LogP contribution in [0.2, 0.25) is 0 Å². The van der Waals surface area contributed by atoms with E-state index >= 15 is 0 Å². The Labute approximate surface area is 217 Å². The maximum absolute atomic E-state index is 5.90. The van der Waals surface area contributed by atoms with Crippen LogP contribution in [0.1, 0.15) is 29.0 Å². The monoisotopic (exact) mass is 490 g/mol. The van der Waals surface area contributed by atoms with Crippen molar-refractivity contribution >= 4 is 0 Å². The van der Waals surface area contributed by atoms with E-state index in [0.29, 0.717) is 19.1 Å². The molecule has 3 atom stereocenters. The number of aryl methyl sites for hydroxylation is 1. The Bertz CT molecular complexity index is 1390. The van der Waals surface area contributed by atoms with Crippen molar-refractivity contribution < 1.29 is 18.9 Å². The average molecular weight is 491 g/mol. The summed E-state index contributed by atoms with van der Waals surface area (Å²) in [6.45, 7) is 2.85. The number of hydrogen-bond acceptors (Lipinski definition) is 4. The first kappa shape index (κ1) is 22.6. The Morgan fingerprint density at radius 2 is 1.22 bits per heavy atom. The van der Waals surface area contributed by atoms with Crippen molar-refractivity contribution in [1.82, 2.24) is 0 Å². The minimum absolute atomic E-state index is 0.254. The zero-order valence-electron chi connectivity index (χ0n) is 20.8. The van der Waals surface area contributed by atoms with Crippen LogP contribution in [0.5, 0.6) is 11.5 Å². The molecule has 0 spiro atoms. The lowest BCUT2D eigenvalue weighted by Gasteiger charge is -2.19. The predicted octanol–water partition coefficient (Wildman–Crippen LogP) is 6.65. The van der Waals surface area contributed by atoms with Gasteiger partial charge in [-0.05, 0) is 82.1 Å². The molecule has 7 rings (SSSR count). The predicted molar refractivity (Wildman–Crippen MR) is 144 cm³/mol. The van der Waals surface area contributed by atoms with Gasteiger partial charge in [0.05, 0.1) is 13.2 Å². The minimum Gasteiger partial charge on any atom is -0.491 e. The van der Waals surface area contributed by atoms with E-state index in [1.54, 1.807) is 0 Å². The second kappa shape index (κ2) is 9.70. The van der Waals surface area contributed by atoms with Crippen LogP contribution in [0.3, 0.4) is 0 Å². The highest BCUT2D eigenvalue weighted by Gasteiger charge is 2.27. The zero-order valence-corrected chi connectivity index (χ0v) is 20.8. The zero-order chi connectivity index (χ0) is 24.6. The molecule has 0 N–H and O–H groups in total. The van der Waals surface area contributed by atoms with Crippen molar-refractivity contribution in [1.29, 1.82) is 0 Å². The van der Waals surface area contributed by atoms with E-state index in [0.717, 1.165) is 37.6 Å². The molecular weight excluding hydrogens is 460 g/mol. The number of benzene rings is 4. The van der Waals surface area contributed by atoms with Gasteiger partial charge in [0.15, 0.2) is 0 Å². The van der Waals surface area contributed by atoms with Crippen LogP contribution >= 0.6 is 0 Å². The summed E-state index contributed by atoms with van der Waals surface area (Å²) in [6, 6.07) is 32.7. The molecule has 4 nitrogen and oxygen atoms in total. The van der Waals surface area contributed by atoms with Crippen LogP contribution in [0.25, 0.3) is 22.3 Å². The Morgan fingerprint density at radius 3 is 1.86 bits per heavy atom.